The molecule has 19 heavy (non-hydrogen) atoms. The summed E-state index contributed by atoms with van der Waals surface area (Å²) in [6, 6.07) is 3.57. The van der Waals surface area contributed by atoms with Crippen LogP contribution in [0.4, 0.5) is 0 Å². The molecule has 0 amide bonds. The SMILES string of the molecule is CC1=C2c3ccc(O)c(Cl)c3CC23CCC(C3)C1=O. The molecule has 1 fully saturated rings. The van der Waals surface area contributed by atoms with Crippen LogP contribution in [0, 0.1) is 11.3 Å². The summed E-state index contributed by atoms with van der Waals surface area (Å²) in [6.45, 7) is 1.96. The minimum atomic E-state index is 0.114. The minimum Gasteiger partial charge on any atom is -0.506 e. The van der Waals surface area contributed by atoms with Crippen molar-refractivity contribution in [2.45, 2.75) is 32.6 Å². The Labute approximate surface area is 117 Å². The Morgan fingerprint density at radius 1 is 1.42 bits per heavy atom. The Morgan fingerprint density at radius 2 is 2.21 bits per heavy atom. The first-order chi connectivity index (χ1) is 9.03. The van der Waals surface area contributed by atoms with Gasteiger partial charge in [-0.2, -0.15) is 0 Å². The Hall–Kier alpha value is -1.28. The van der Waals surface area contributed by atoms with Crippen molar-refractivity contribution in [2.75, 3.05) is 0 Å². The lowest BCUT2D eigenvalue weighted by atomic mass is 9.71. The van der Waals surface area contributed by atoms with Crippen LogP contribution >= 0.6 is 11.6 Å². The fourth-order valence-corrected chi connectivity index (χ4v) is 4.73. The highest BCUT2D eigenvalue weighted by Gasteiger charge is 2.53. The third kappa shape index (κ3) is 1.26. The van der Waals surface area contributed by atoms with Gasteiger partial charge >= 0.3 is 0 Å². The van der Waals surface area contributed by atoms with E-state index in [0.29, 0.717) is 10.8 Å². The molecule has 2 atom stereocenters. The molecule has 0 radical (unpaired) electrons. The van der Waals surface area contributed by atoms with E-state index in [1.54, 1.807) is 6.07 Å². The smallest absolute Gasteiger partial charge is 0.161 e. The summed E-state index contributed by atoms with van der Waals surface area (Å²) in [5.41, 5.74) is 4.38. The van der Waals surface area contributed by atoms with Crippen LogP contribution in [0.15, 0.2) is 17.7 Å². The van der Waals surface area contributed by atoms with Gasteiger partial charge in [-0.3, -0.25) is 4.79 Å². The van der Waals surface area contributed by atoms with Gasteiger partial charge in [-0.15, -0.1) is 0 Å². The number of phenols is 1. The number of hydrogen-bond donors (Lipinski definition) is 1. The number of carbonyl (C=O) groups is 1. The van der Waals surface area contributed by atoms with Gasteiger partial charge in [-0.05, 0) is 60.9 Å². The molecule has 0 aliphatic heterocycles. The van der Waals surface area contributed by atoms with Gasteiger partial charge in [0.2, 0.25) is 0 Å². The van der Waals surface area contributed by atoms with Crippen LogP contribution in [0.3, 0.4) is 0 Å². The van der Waals surface area contributed by atoms with Gasteiger partial charge in [-0.25, -0.2) is 0 Å². The van der Waals surface area contributed by atoms with Crippen molar-refractivity contribution >= 4 is 23.0 Å². The van der Waals surface area contributed by atoms with Gasteiger partial charge in [0.05, 0.1) is 5.02 Å². The molecule has 1 aromatic rings. The molecular formula is C16H15ClO2. The molecule has 2 bridgehead atoms. The topological polar surface area (TPSA) is 37.3 Å². The van der Waals surface area contributed by atoms with E-state index in [1.165, 1.54) is 5.57 Å². The minimum absolute atomic E-state index is 0.114. The molecule has 1 N–H and O–H groups in total. The standard InChI is InChI=1S/C16H15ClO2/c1-8-13-10-2-3-12(18)14(17)11(10)7-16(13)5-4-9(6-16)15(8)19/h2-3,9,18H,4-7H2,1H3. The first-order valence-corrected chi connectivity index (χ1v) is 7.17. The van der Waals surface area contributed by atoms with Crippen molar-refractivity contribution in [3.63, 3.8) is 0 Å². The molecule has 3 aliphatic rings. The second kappa shape index (κ2) is 3.43. The molecule has 3 aliphatic carbocycles. The van der Waals surface area contributed by atoms with Crippen molar-refractivity contribution in [3.05, 3.63) is 33.9 Å². The van der Waals surface area contributed by atoms with Crippen LogP contribution in [0.1, 0.15) is 37.3 Å². The Bertz CT molecular complexity index is 659. The van der Waals surface area contributed by atoms with Crippen LogP contribution in [0.5, 0.6) is 5.75 Å². The average Bonchev–Trinajstić information content (AvgIpc) is 2.93. The average molecular weight is 275 g/mol. The van der Waals surface area contributed by atoms with Crippen LogP contribution < -0.4 is 0 Å². The summed E-state index contributed by atoms with van der Waals surface area (Å²) >= 11 is 6.26. The molecule has 0 saturated heterocycles. The molecular weight excluding hydrogens is 260 g/mol. The van der Waals surface area contributed by atoms with Gasteiger partial charge in [0.15, 0.2) is 5.78 Å². The monoisotopic (exact) mass is 274 g/mol. The fraction of sp³-hybridized carbons (Fsp3) is 0.438. The van der Waals surface area contributed by atoms with Gasteiger partial charge in [0, 0.05) is 11.3 Å². The van der Waals surface area contributed by atoms with E-state index < -0.39 is 0 Å². The Kier molecular flexibility index (Phi) is 2.08. The molecule has 0 heterocycles. The summed E-state index contributed by atoms with van der Waals surface area (Å²) < 4.78 is 0. The first kappa shape index (κ1) is 11.5. The van der Waals surface area contributed by atoms with E-state index in [0.717, 1.165) is 42.4 Å². The van der Waals surface area contributed by atoms with E-state index in [4.69, 9.17) is 11.6 Å². The zero-order chi connectivity index (χ0) is 13.4. The maximum absolute atomic E-state index is 12.3. The van der Waals surface area contributed by atoms with Gasteiger partial charge in [0.25, 0.3) is 0 Å². The molecule has 3 heteroatoms. The summed E-state index contributed by atoms with van der Waals surface area (Å²) in [5.74, 6) is 0.681. The fourth-order valence-electron chi connectivity index (χ4n) is 4.50. The van der Waals surface area contributed by atoms with Crippen molar-refractivity contribution < 1.29 is 9.90 Å². The van der Waals surface area contributed by atoms with Crippen LogP contribution in [-0.2, 0) is 11.2 Å². The van der Waals surface area contributed by atoms with E-state index in [9.17, 15) is 9.90 Å². The van der Waals surface area contributed by atoms with Gasteiger partial charge < -0.3 is 5.11 Å². The second-order valence-electron chi connectivity index (χ2n) is 6.19. The van der Waals surface area contributed by atoms with E-state index in [1.807, 2.05) is 13.0 Å². The van der Waals surface area contributed by atoms with E-state index in [2.05, 4.69) is 0 Å². The summed E-state index contributed by atoms with van der Waals surface area (Å²) in [7, 11) is 0. The largest absolute Gasteiger partial charge is 0.506 e. The highest BCUT2D eigenvalue weighted by atomic mass is 35.5. The maximum atomic E-state index is 12.3. The number of halogens is 1. The number of rotatable bonds is 0. The molecule has 1 saturated carbocycles. The molecule has 4 rings (SSSR count). The Balaban J connectivity index is 2.03. The van der Waals surface area contributed by atoms with Crippen molar-refractivity contribution in [2.24, 2.45) is 11.3 Å². The molecule has 1 aromatic carbocycles. The van der Waals surface area contributed by atoms with Gasteiger partial charge in [-0.1, -0.05) is 17.7 Å². The third-order valence-electron chi connectivity index (χ3n) is 5.26. The molecule has 0 aromatic heterocycles. The van der Waals surface area contributed by atoms with Crippen molar-refractivity contribution in [3.8, 4) is 5.75 Å². The number of hydrogen-bond acceptors (Lipinski definition) is 2. The summed E-state index contributed by atoms with van der Waals surface area (Å²) in [4.78, 5) is 12.3. The Morgan fingerprint density at radius 3 is 3.00 bits per heavy atom. The quantitative estimate of drug-likeness (QED) is 0.782. The number of allylic oxidation sites excluding steroid dienone is 2. The zero-order valence-electron chi connectivity index (χ0n) is 10.8. The number of aromatic hydroxyl groups is 1. The number of ketones is 1. The number of fused-ring (bicyclic) bond motifs is 3. The maximum Gasteiger partial charge on any atom is 0.161 e. The molecule has 98 valence electrons. The van der Waals surface area contributed by atoms with E-state index in [-0.39, 0.29) is 17.1 Å². The zero-order valence-corrected chi connectivity index (χ0v) is 11.5. The normalized spacial score (nSPS) is 31.7. The number of benzene rings is 1. The lowest BCUT2D eigenvalue weighted by molar-refractivity contribution is -0.119. The van der Waals surface area contributed by atoms with Crippen LogP contribution in [-0.4, -0.2) is 10.9 Å². The number of carbonyl (C=O) groups excluding carboxylic acids is 1. The van der Waals surface area contributed by atoms with Crippen LogP contribution in [0.2, 0.25) is 5.02 Å². The van der Waals surface area contributed by atoms with Crippen molar-refractivity contribution in [1.82, 2.24) is 0 Å². The summed E-state index contributed by atoms with van der Waals surface area (Å²) in [5, 5.41) is 10.3. The predicted molar refractivity (Wildman–Crippen MR) is 74.2 cm³/mol. The lowest BCUT2D eigenvalue weighted by Gasteiger charge is -2.31. The van der Waals surface area contributed by atoms with Gasteiger partial charge in [0.1, 0.15) is 5.75 Å². The number of phenolic OH excluding ortho intramolecular Hbond substituents is 1. The molecule has 2 nitrogen and oxygen atoms in total. The highest BCUT2D eigenvalue weighted by molar-refractivity contribution is 6.33. The lowest BCUT2D eigenvalue weighted by Crippen LogP contribution is -2.26. The van der Waals surface area contributed by atoms with E-state index >= 15 is 0 Å². The highest BCUT2D eigenvalue weighted by Crippen LogP contribution is 2.63. The summed E-state index contributed by atoms with van der Waals surface area (Å²) in [6.07, 6.45) is 3.91. The number of Topliss-reactive ketones (excluding diaryl/α,β-unsaturated/α-hetero) is 1. The van der Waals surface area contributed by atoms with Crippen molar-refractivity contribution in [1.29, 1.82) is 0 Å². The molecule has 2 unspecified atom stereocenters. The van der Waals surface area contributed by atoms with Crippen LogP contribution in [0.25, 0.3) is 5.57 Å². The first-order valence-electron chi connectivity index (χ1n) is 6.80. The molecule has 1 spiro atoms. The third-order valence-corrected chi connectivity index (χ3v) is 5.68. The second-order valence-corrected chi connectivity index (χ2v) is 6.56. The predicted octanol–water partition coefficient (Wildman–Crippen LogP) is 3.74.